The smallest absolute Gasteiger partial charge is 0.252 e. The van der Waals surface area contributed by atoms with E-state index >= 15 is 0 Å². The molecule has 2 N–H and O–H groups in total. The Morgan fingerprint density at radius 2 is 1.97 bits per heavy atom. The highest BCUT2D eigenvalue weighted by atomic mass is 16.5. The number of aliphatic hydroxyl groups is 1. The number of phenols is 1. The largest absolute Gasteiger partial charge is 0.504 e. The molecule has 2 fully saturated rings. The number of aromatic hydroxyl groups is 1. The number of carbonyl (C=O) groups is 1. The molecule has 2 aromatic rings. The number of piperidine rings is 1. The number of benzene rings is 2. The van der Waals surface area contributed by atoms with Gasteiger partial charge in [-0.25, -0.2) is 0 Å². The molecule has 2 spiro atoms. The van der Waals surface area contributed by atoms with Crippen molar-refractivity contribution in [2.75, 3.05) is 20.6 Å². The molecule has 34 heavy (non-hydrogen) atoms. The zero-order chi connectivity index (χ0) is 23.5. The second kappa shape index (κ2) is 6.43. The maximum Gasteiger partial charge on any atom is 0.252 e. The van der Waals surface area contributed by atoms with Crippen molar-refractivity contribution in [2.45, 2.75) is 55.4 Å². The first-order chi connectivity index (χ1) is 16.3. The van der Waals surface area contributed by atoms with Gasteiger partial charge in [0.15, 0.2) is 11.5 Å². The predicted molar refractivity (Wildman–Crippen MR) is 127 cm³/mol. The predicted octanol–water partition coefficient (Wildman–Crippen LogP) is 2.76. The maximum absolute atomic E-state index is 13.9. The Kier molecular flexibility index (Phi) is 3.89. The zero-order valence-electron chi connectivity index (χ0n) is 19.6. The molecule has 5 atom stereocenters. The summed E-state index contributed by atoms with van der Waals surface area (Å²) in [6.07, 6.45) is 4.57. The second-order valence-electron chi connectivity index (χ2n) is 11.0. The monoisotopic (exact) mass is 458 g/mol. The molecule has 0 unspecified atom stereocenters. The van der Waals surface area contributed by atoms with E-state index in [1.807, 2.05) is 36.4 Å². The van der Waals surface area contributed by atoms with Gasteiger partial charge in [-0.15, -0.1) is 0 Å². The van der Waals surface area contributed by atoms with Gasteiger partial charge in [0.25, 0.3) is 5.91 Å². The van der Waals surface area contributed by atoms with Crippen LogP contribution in [0.3, 0.4) is 0 Å². The van der Waals surface area contributed by atoms with Gasteiger partial charge in [-0.1, -0.05) is 42.5 Å². The van der Waals surface area contributed by atoms with E-state index in [0.29, 0.717) is 24.3 Å². The summed E-state index contributed by atoms with van der Waals surface area (Å²) < 4.78 is 6.52. The quantitative estimate of drug-likeness (QED) is 0.740. The van der Waals surface area contributed by atoms with Gasteiger partial charge in [-0.3, -0.25) is 4.79 Å². The van der Waals surface area contributed by atoms with Crippen molar-refractivity contribution in [3.05, 3.63) is 70.8 Å². The van der Waals surface area contributed by atoms with Gasteiger partial charge < -0.3 is 24.7 Å². The van der Waals surface area contributed by atoms with Crippen LogP contribution in [-0.2, 0) is 23.2 Å². The van der Waals surface area contributed by atoms with Crippen LogP contribution in [0.1, 0.15) is 36.0 Å². The van der Waals surface area contributed by atoms with E-state index in [-0.39, 0.29) is 23.1 Å². The molecule has 176 valence electrons. The average molecular weight is 459 g/mol. The second-order valence-corrected chi connectivity index (χ2v) is 11.0. The SMILES string of the molecule is CN(Cc1ccccc1)C(=O)C1=C[C@@]23CC[C@]1(O)[C@@H]1Oc4c(O)ccc5c4[C@@]12CCN(C)[C@@H]3C5. The zero-order valence-corrected chi connectivity index (χ0v) is 19.6. The summed E-state index contributed by atoms with van der Waals surface area (Å²) in [7, 11) is 3.98. The number of likely N-dealkylation sites (N-methyl/N-ethyl adjacent to an activating group) is 2. The summed E-state index contributed by atoms with van der Waals surface area (Å²) in [5, 5.41) is 23.0. The highest BCUT2D eigenvalue weighted by Crippen LogP contribution is 2.74. The van der Waals surface area contributed by atoms with Crippen LogP contribution in [-0.4, -0.2) is 64.3 Å². The number of rotatable bonds is 3. The third-order valence-electron chi connectivity index (χ3n) is 9.64. The molecular weight excluding hydrogens is 428 g/mol. The van der Waals surface area contributed by atoms with Crippen LogP contribution < -0.4 is 4.74 Å². The highest BCUT2D eigenvalue weighted by Gasteiger charge is 2.78. The molecule has 1 amide bonds. The van der Waals surface area contributed by atoms with Crippen LogP contribution in [0, 0.1) is 5.41 Å². The van der Waals surface area contributed by atoms with Crippen molar-refractivity contribution >= 4 is 5.91 Å². The first-order valence-corrected chi connectivity index (χ1v) is 12.3. The van der Waals surface area contributed by atoms with Crippen LogP contribution in [0.25, 0.3) is 0 Å². The van der Waals surface area contributed by atoms with Gasteiger partial charge in [0.1, 0.15) is 11.7 Å². The van der Waals surface area contributed by atoms with Crippen molar-refractivity contribution < 1.29 is 19.7 Å². The van der Waals surface area contributed by atoms with E-state index in [1.165, 1.54) is 5.56 Å². The summed E-state index contributed by atoms with van der Waals surface area (Å²) in [6, 6.07) is 13.9. The summed E-state index contributed by atoms with van der Waals surface area (Å²) in [5.41, 5.74) is 1.70. The van der Waals surface area contributed by atoms with Crippen LogP contribution in [0.2, 0.25) is 0 Å². The lowest BCUT2D eigenvalue weighted by molar-refractivity contribution is -0.185. The molecule has 0 aromatic heterocycles. The van der Waals surface area contributed by atoms with E-state index in [0.717, 1.165) is 36.9 Å². The molecule has 0 radical (unpaired) electrons. The fourth-order valence-corrected chi connectivity index (χ4v) is 8.21. The summed E-state index contributed by atoms with van der Waals surface area (Å²) in [6.45, 7) is 1.38. The number of carbonyl (C=O) groups excluding carboxylic acids is 1. The Morgan fingerprint density at radius 1 is 1.18 bits per heavy atom. The van der Waals surface area contributed by atoms with Gasteiger partial charge in [0.05, 0.1) is 5.41 Å². The molecule has 1 saturated heterocycles. The Morgan fingerprint density at radius 3 is 2.76 bits per heavy atom. The van der Waals surface area contributed by atoms with Crippen molar-refractivity contribution in [1.29, 1.82) is 0 Å². The lowest BCUT2D eigenvalue weighted by Gasteiger charge is -2.69. The normalized spacial score (nSPS) is 36.5. The van der Waals surface area contributed by atoms with Gasteiger partial charge in [0.2, 0.25) is 0 Å². The minimum absolute atomic E-state index is 0.132. The molecule has 1 saturated carbocycles. The summed E-state index contributed by atoms with van der Waals surface area (Å²) in [5.74, 6) is 0.512. The lowest BCUT2D eigenvalue weighted by Crippen LogP contribution is -2.78. The summed E-state index contributed by atoms with van der Waals surface area (Å²) in [4.78, 5) is 18.0. The van der Waals surface area contributed by atoms with Gasteiger partial charge in [-0.05, 0) is 56.5 Å². The third kappa shape index (κ3) is 2.17. The third-order valence-corrected chi connectivity index (χ3v) is 9.64. The number of hydrogen-bond acceptors (Lipinski definition) is 5. The number of phenolic OH excluding ortho intramolecular Hbond substituents is 1. The highest BCUT2D eigenvalue weighted by molar-refractivity contribution is 5.97. The van der Waals surface area contributed by atoms with Crippen LogP contribution in [0.4, 0.5) is 0 Å². The number of hydrogen-bond donors (Lipinski definition) is 2. The Bertz CT molecular complexity index is 1260. The fourth-order valence-electron chi connectivity index (χ4n) is 8.21. The van der Waals surface area contributed by atoms with E-state index in [9.17, 15) is 15.0 Å². The first kappa shape index (κ1) is 20.5. The van der Waals surface area contributed by atoms with Gasteiger partial charge >= 0.3 is 0 Å². The van der Waals surface area contributed by atoms with Crippen LogP contribution >= 0.6 is 0 Å². The van der Waals surface area contributed by atoms with Crippen molar-refractivity contribution in [2.24, 2.45) is 5.41 Å². The Hall–Kier alpha value is -2.83. The minimum atomic E-state index is -1.38. The first-order valence-electron chi connectivity index (χ1n) is 12.3. The molecular formula is C28H30N2O4. The lowest BCUT2D eigenvalue weighted by atomic mass is 9.38. The van der Waals surface area contributed by atoms with Crippen molar-refractivity contribution in [1.82, 2.24) is 9.80 Å². The number of nitrogens with zero attached hydrogens (tertiary/aromatic N) is 2. The van der Waals surface area contributed by atoms with E-state index in [2.05, 4.69) is 18.0 Å². The molecule has 6 heteroatoms. The molecule has 4 bridgehead atoms. The number of fused-ring (bicyclic) bond motifs is 1. The molecule has 4 aliphatic carbocycles. The topological polar surface area (TPSA) is 73.2 Å². The number of likely N-dealkylation sites (tertiary alicyclic amines) is 1. The average Bonchev–Trinajstić information content (AvgIpc) is 3.21. The molecule has 6 aliphatic rings. The molecule has 2 heterocycles. The van der Waals surface area contributed by atoms with Gasteiger partial charge in [-0.2, -0.15) is 0 Å². The molecule has 6 nitrogen and oxygen atoms in total. The van der Waals surface area contributed by atoms with E-state index in [4.69, 9.17) is 4.74 Å². The number of ether oxygens (including phenoxy) is 1. The molecule has 2 aliphatic heterocycles. The van der Waals surface area contributed by atoms with E-state index in [1.54, 1.807) is 18.0 Å². The van der Waals surface area contributed by atoms with Crippen molar-refractivity contribution in [3.63, 3.8) is 0 Å². The van der Waals surface area contributed by atoms with Gasteiger partial charge in [0, 0.05) is 36.2 Å². The maximum atomic E-state index is 13.9. The Labute approximate surface area is 199 Å². The minimum Gasteiger partial charge on any atom is -0.504 e. The van der Waals surface area contributed by atoms with Crippen molar-refractivity contribution in [3.8, 4) is 11.5 Å². The number of amides is 1. The van der Waals surface area contributed by atoms with Crippen LogP contribution in [0.5, 0.6) is 11.5 Å². The Balaban J connectivity index is 1.40. The molecule has 2 aromatic carbocycles. The molecule has 8 rings (SSSR count). The van der Waals surface area contributed by atoms with E-state index < -0.39 is 17.1 Å². The fraction of sp³-hybridized carbons (Fsp3) is 0.464. The standard InChI is InChI=1S/C28H30N2O4/c1-29-13-12-27-22-18-8-9-20(31)23(22)34-25(27)28(33)11-10-26(27,21(29)14-18)15-19(28)24(32)30(2)16-17-6-4-3-5-7-17/h3-9,15,21,25,31,33H,10-14,16H2,1-2H3/t21-,25-,26-,27+,28-/m1/s1. The van der Waals surface area contributed by atoms with Crippen LogP contribution in [0.15, 0.2) is 54.1 Å². The summed E-state index contributed by atoms with van der Waals surface area (Å²) >= 11 is 0.